The number of nitrogens with zero attached hydrogens (tertiary/aromatic N) is 3. The summed E-state index contributed by atoms with van der Waals surface area (Å²) in [5, 5.41) is 3.48. The molecule has 0 bridgehead atoms. The standard InChI is InChI=1S/C10H11N3O/c11-13-12-7-6-9-10(14-9)8-4-2-1-3-5-8/h1-5,9-10H,6-7H2. The van der Waals surface area contributed by atoms with Crippen LogP contribution in [0.1, 0.15) is 18.1 Å². The second kappa shape index (κ2) is 4.13. The van der Waals surface area contributed by atoms with Crippen LogP contribution in [0, 0.1) is 0 Å². The van der Waals surface area contributed by atoms with Crippen molar-refractivity contribution in [2.75, 3.05) is 6.54 Å². The van der Waals surface area contributed by atoms with E-state index in [9.17, 15) is 0 Å². The third-order valence-corrected chi connectivity index (χ3v) is 2.29. The molecule has 1 heterocycles. The predicted octanol–water partition coefficient (Wildman–Crippen LogP) is 2.83. The molecule has 0 aromatic heterocycles. The lowest BCUT2D eigenvalue weighted by Gasteiger charge is -1.93. The van der Waals surface area contributed by atoms with Gasteiger partial charge in [0.2, 0.25) is 0 Å². The summed E-state index contributed by atoms with van der Waals surface area (Å²) in [6.45, 7) is 0.518. The highest BCUT2D eigenvalue weighted by Crippen LogP contribution is 2.40. The summed E-state index contributed by atoms with van der Waals surface area (Å²) >= 11 is 0. The van der Waals surface area contributed by atoms with Crippen LogP contribution in [0.5, 0.6) is 0 Å². The second-order valence-electron chi connectivity index (χ2n) is 3.25. The summed E-state index contributed by atoms with van der Waals surface area (Å²) in [6, 6.07) is 10.1. The van der Waals surface area contributed by atoms with Crippen LogP contribution in [0.15, 0.2) is 35.4 Å². The van der Waals surface area contributed by atoms with Gasteiger partial charge >= 0.3 is 0 Å². The SMILES string of the molecule is [N-]=[N+]=NCCC1OC1c1ccccc1. The van der Waals surface area contributed by atoms with E-state index in [0.29, 0.717) is 6.54 Å². The van der Waals surface area contributed by atoms with E-state index in [0.717, 1.165) is 6.42 Å². The summed E-state index contributed by atoms with van der Waals surface area (Å²) in [5.41, 5.74) is 9.31. The maximum absolute atomic E-state index is 8.10. The smallest absolute Gasteiger partial charge is 0.109 e. The Morgan fingerprint density at radius 2 is 2.14 bits per heavy atom. The van der Waals surface area contributed by atoms with Crippen LogP contribution < -0.4 is 0 Å². The zero-order valence-electron chi connectivity index (χ0n) is 7.71. The van der Waals surface area contributed by atoms with E-state index >= 15 is 0 Å². The number of hydrogen-bond donors (Lipinski definition) is 0. The van der Waals surface area contributed by atoms with Gasteiger partial charge in [-0.3, -0.25) is 0 Å². The molecule has 72 valence electrons. The molecule has 0 radical (unpaired) electrons. The molecule has 1 aliphatic heterocycles. The van der Waals surface area contributed by atoms with E-state index in [-0.39, 0.29) is 12.2 Å². The van der Waals surface area contributed by atoms with Crippen LogP contribution >= 0.6 is 0 Å². The van der Waals surface area contributed by atoms with Gasteiger partial charge in [0, 0.05) is 11.5 Å². The van der Waals surface area contributed by atoms with Gasteiger partial charge in [-0.1, -0.05) is 35.4 Å². The van der Waals surface area contributed by atoms with E-state index in [1.165, 1.54) is 5.56 Å². The first-order valence-corrected chi connectivity index (χ1v) is 4.63. The quantitative estimate of drug-likeness (QED) is 0.311. The zero-order valence-corrected chi connectivity index (χ0v) is 7.71. The van der Waals surface area contributed by atoms with E-state index in [1.807, 2.05) is 18.2 Å². The molecule has 0 aliphatic carbocycles. The number of ether oxygens (including phenoxy) is 1. The number of azide groups is 1. The predicted molar refractivity (Wildman–Crippen MR) is 52.7 cm³/mol. The van der Waals surface area contributed by atoms with E-state index < -0.39 is 0 Å². The molecule has 1 aromatic rings. The van der Waals surface area contributed by atoms with Crippen molar-refractivity contribution < 1.29 is 4.74 Å². The van der Waals surface area contributed by atoms with Crippen LogP contribution in [0.25, 0.3) is 10.4 Å². The lowest BCUT2D eigenvalue weighted by Crippen LogP contribution is -1.91. The molecule has 0 N–H and O–H groups in total. The minimum absolute atomic E-state index is 0.213. The Balaban J connectivity index is 1.84. The second-order valence-corrected chi connectivity index (χ2v) is 3.25. The van der Waals surface area contributed by atoms with E-state index in [1.54, 1.807) is 0 Å². The van der Waals surface area contributed by atoms with Crippen molar-refractivity contribution in [2.45, 2.75) is 18.6 Å². The molecule has 1 aliphatic rings. The molecule has 0 spiro atoms. The molecule has 0 saturated carbocycles. The van der Waals surface area contributed by atoms with Gasteiger partial charge in [0.15, 0.2) is 0 Å². The molecule has 1 fully saturated rings. The molecular formula is C10H11N3O. The molecule has 2 unspecified atom stereocenters. The minimum Gasteiger partial charge on any atom is -0.365 e. The first-order valence-electron chi connectivity index (χ1n) is 4.63. The third-order valence-electron chi connectivity index (χ3n) is 2.29. The maximum atomic E-state index is 8.10. The van der Waals surface area contributed by atoms with E-state index in [2.05, 4.69) is 22.2 Å². The number of hydrogen-bond acceptors (Lipinski definition) is 2. The molecule has 4 heteroatoms. The Morgan fingerprint density at radius 1 is 1.36 bits per heavy atom. The zero-order chi connectivity index (χ0) is 9.80. The topological polar surface area (TPSA) is 61.3 Å². The van der Waals surface area contributed by atoms with Crippen LogP contribution in [-0.4, -0.2) is 12.6 Å². The van der Waals surface area contributed by atoms with Crippen molar-refractivity contribution in [3.63, 3.8) is 0 Å². The van der Waals surface area contributed by atoms with Crippen molar-refractivity contribution in [2.24, 2.45) is 5.11 Å². The van der Waals surface area contributed by atoms with Gasteiger partial charge in [-0.05, 0) is 17.5 Å². The summed E-state index contributed by atoms with van der Waals surface area (Å²) in [5.74, 6) is 0. The molecule has 0 amide bonds. The first kappa shape index (κ1) is 9.06. The normalized spacial score (nSPS) is 24.0. The summed E-state index contributed by atoms with van der Waals surface area (Å²) in [4.78, 5) is 2.70. The van der Waals surface area contributed by atoms with Crippen LogP contribution in [-0.2, 0) is 4.74 Å². The largest absolute Gasteiger partial charge is 0.365 e. The van der Waals surface area contributed by atoms with Crippen molar-refractivity contribution in [1.82, 2.24) is 0 Å². The Labute approximate surface area is 82.1 Å². The molecule has 1 aromatic carbocycles. The van der Waals surface area contributed by atoms with Crippen molar-refractivity contribution in [3.8, 4) is 0 Å². The summed E-state index contributed by atoms with van der Waals surface area (Å²) in [7, 11) is 0. The number of epoxide rings is 1. The van der Waals surface area contributed by atoms with Gasteiger partial charge in [-0.25, -0.2) is 0 Å². The fourth-order valence-corrected chi connectivity index (χ4v) is 1.53. The fraction of sp³-hybridized carbons (Fsp3) is 0.400. The average Bonchev–Trinajstić information content (AvgIpc) is 2.99. The summed E-state index contributed by atoms with van der Waals surface area (Å²) in [6.07, 6.45) is 1.26. The Kier molecular flexibility index (Phi) is 2.68. The van der Waals surface area contributed by atoms with Crippen molar-refractivity contribution in [1.29, 1.82) is 0 Å². The molecule has 1 saturated heterocycles. The van der Waals surface area contributed by atoms with Crippen molar-refractivity contribution in [3.05, 3.63) is 46.3 Å². The van der Waals surface area contributed by atoms with Gasteiger partial charge in [0.1, 0.15) is 6.10 Å². The molecular weight excluding hydrogens is 178 g/mol. The van der Waals surface area contributed by atoms with Crippen LogP contribution in [0.3, 0.4) is 0 Å². The Morgan fingerprint density at radius 3 is 2.86 bits per heavy atom. The van der Waals surface area contributed by atoms with Gasteiger partial charge in [-0.2, -0.15) is 0 Å². The van der Waals surface area contributed by atoms with Crippen molar-refractivity contribution >= 4 is 0 Å². The lowest BCUT2D eigenvalue weighted by molar-refractivity contribution is 0.367. The minimum atomic E-state index is 0.213. The van der Waals surface area contributed by atoms with Gasteiger partial charge < -0.3 is 4.74 Å². The lowest BCUT2D eigenvalue weighted by atomic mass is 10.1. The number of rotatable bonds is 4. The summed E-state index contributed by atoms with van der Waals surface area (Å²) < 4.78 is 5.47. The fourth-order valence-electron chi connectivity index (χ4n) is 1.53. The number of benzene rings is 1. The van der Waals surface area contributed by atoms with Gasteiger partial charge in [-0.15, -0.1) is 0 Å². The highest BCUT2D eigenvalue weighted by molar-refractivity contribution is 5.22. The van der Waals surface area contributed by atoms with Gasteiger partial charge in [0.25, 0.3) is 0 Å². The highest BCUT2D eigenvalue weighted by atomic mass is 16.6. The third kappa shape index (κ3) is 2.05. The molecule has 14 heavy (non-hydrogen) atoms. The average molecular weight is 189 g/mol. The highest BCUT2D eigenvalue weighted by Gasteiger charge is 2.38. The van der Waals surface area contributed by atoms with E-state index in [4.69, 9.17) is 10.3 Å². The van der Waals surface area contributed by atoms with Crippen LogP contribution in [0.2, 0.25) is 0 Å². The Hall–Kier alpha value is -1.51. The monoisotopic (exact) mass is 189 g/mol. The molecule has 2 atom stereocenters. The first-order chi connectivity index (χ1) is 6.92. The molecule has 2 rings (SSSR count). The maximum Gasteiger partial charge on any atom is 0.109 e. The van der Waals surface area contributed by atoms with Gasteiger partial charge in [0.05, 0.1) is 6.10 Å². The van der Waals surface area contributed by atoms with Crippen LogP contribution in [0.4, 0.5) is 0 Å². The Bertz CT molecular complexity index is 346. The molecule has 4 nitrogen and oxygen atoms in total.